The SMILES string of the molecule is CC1(C(O)CN)COC1. The average Bonchev–Trinajstić information content (AvgIpc) is 1.81. The minimum absolute atomic E-state index is 0.0608. The first kappa shape index (κ1) is 6.99. The van der Waals surface area contributed by atoms with Crippen LogP contribution in [0.2, 0.25) is 0 Å². The summed E-state index contributed by atoms with van der Waals surface area (Å²) in [5.41, 5.74) is 5.20. The predicted octanol–water partition coefficient (Wildman–Crippen LogP) is -0.658. The van der Waals surface area contributed by atoms with Gasteiger partial charge in [0.05, 0.1) is 19.3 Å². The zero-order chi connectivity index (χ0) is 6.91. The minimum atomic E-state index is -0.397. The fraction of sp³-hybridized carbons (Fsp3) is 1.00. The van der Waals surface area contributed by atoms with Crippen molar-refractivity contribution in [3.63, 3.8) is 0 Å². The smallest absolute Gasteiger partial charge is 0.0760 e. The van der Waals surface area contributed by atoms with E-state index in [-0.39, 0.29) is 5.41 Å². The molecule has 3 N–H and O–H groups in total. The van der Waals surface area contributed by atoms with Crippen LogP contribution in [-0.4, -0.2) is 31.0 Å². The Morgan fingerprint density at radius 2 is 2.33 bits per heavy atom. The molecule has 0 amide bonds. The van der Waals surface area contributed by atoms with Gasteiger partial charge in [-0.2, -0.15) is 0 Å². The Balaban J connectivity index is 2.38. The summed E-state index contributed by atoms with van der Waals surface area (Å²) in [6.45, 7) is 3.60. The first-order valence-electron chi connectivity index (χ1n) is 3.15. The van der Waals surface area contributed by atoms with Crippen molar-refractivity contribution in [3.05, 3.63) is 0 Å². The molecular weight excluding hydrogens is 118 g/mol. The number of aliphatic hydroxyl groups excluding tert-OH is 1. The standard InChI is InChI=1S/C6H13NO2/c1-6(3-9-4-6)5(8)2-7/h5,8H,2-4,7H2,1H3. The molecule has 1 heterocycles. The van der Waals surface area contributed by atoms with Crippen LogP contribution in [0, 0.1) is 5.41 Å². The molecule has 1 fully saturated rings. The van der Waals surface area contributed by atoms with E-state index >= 15 is 0 Å². The first-order valence-corrected chi connectivity index (χ1v) is 3.15. The summed E-state index contributed by atoms with van der Waals surface area (Å²) < 4.78 is 4.95. The lowest BCUT2D eigenvalue weighted by Gasteiger charge is -2.41. The van der Waals surface area contributed by atoms with Gasteiger partial charge in [-0.05, 0) is 0 Å². The maximum absolute atomic E-state index is 9.23. The lowest BCUT2D eigenvalue weighted by atomic mass is 9.82. The Kier molecular flexibility index (Phi) is 1.75. The van der Waals surface area contributed by atoms with Gasteiger partial charge in [-0.15, -0.1) is 0 Å². The van der Waals surface area contributed by atoms with E-state index in [1.165, 1.54) is 0 Å². The molecule has 1 rings (SSSR count). The molecule has 3 heteroatoms. The summed E-state index contributed by atoms with van der Waals surface area (Å²) in [6.07, 6.45) is -0.397. The highest BCUT2D eigenvalue weighted by Crippen LogP contribution is 2.29. The van der Waals surface area contributed by atoms with E-state index in [1.54, 1.807) is 0 Å². The van der Waals surface area contributed by atoms with Crippen LogP contribution < -0.4 is 5.73 Å². The van der Waals surface area contributed by atoms with Crippen LogP contribution in [0.15, 0.2) is 0 Å². The van der Waals surface area contributed by atoms with Crippen LogP contribution in [0.4, 0.5) is 0 Å². The zero-order valence-corrected chi connectivity index (χ0v) is 5.63. The van der Waals surface area contributed by atoms with E-state index < -0.39 is 6.10 Å². The molecule has 0 aliphatic carbocycles. The predicted molar refractivity (Wildman–Crippen MR) is 34.0 cm³/mol. The molecule has 1 unspecified atom stereocenters. The first-order chi connectivity index (χ1) is 4.19. The van der Waals surface area contributed by atoms with Crippen molar-refractivity contribution in [3.8, 4) is 0 Å². The van der Waals surface area contributed by atoms with Gasteiger partial charge in [-0.3, -0.25) is 0 Å². The molecule has 1 aliphatic rings. The van der Waals surface area contributed by atoms with Gasteiger partial charge in [-0.25, -0.2) is 0 Å². The van der Waals surface area contributed by atoms with Crippen LogP contribution in [-0.2, 0) is 4.74 Å². The quantitative estimate of drug-likeness (QED) is 0.523. The van der Waals surface area contributed by atoms with E-state index in [0.717, 1.165) is 0 Å². The fourth-order valence-electron chi connectivity index (χ4n) is 0.901. The normalized spacial score (nSPS) is 27.0. The molecule has 3 nitrogen and oxygen atoms in total. The molecule has 1 saturated heterocycles. The number of rotatable bonds is 2. The summed E-state index contributed by atoms with van der Waals surface area (Å²) >= 11 is 0. The van der Waals surface area contributed by atoms with Crippen LogP contribution in [0.25, 0.3) is 0 Å². The van der Waals surface area contributed by atoms with Crippen molar-refractivity contribution in [2.45, 2.75) is 13.0 Å². The fourth-order valence-corrected chi connectivity index (χ4v) is 0.901. The van der Waals surface area contributed by atoms with Gasteiger partial charge in [0.1, 0.15) is 0 Å². The maximum Gasteiger partial charge on any atom is 0.0760 e. The van der Waals surface area contributed by atoms with Crippen molar-refractivity contribution in [1.82, 2.24) is 0 Å². The molecule has 9 heavy (non-hydrogen) atoms. The second kappa shape index (κ2) is 2.25. The number of aliphatic hydroxyl groups is 1. The summed E-state index contributed by atoms with van der Waals surface area (Å²) in [6, 6.07) is 0. The summed E-state index contributed by atoms with van der Waals surface area (Å²) in [4.78, 5) is 0. The van der Waals surface area contributed by atoms with Crippen molar-refractivity contribution in [2.24, 2.45) is 11.1 Å². The summed E-state index contributed by atoms with van der Waals surface area (Å²) in [5.74, 6) is 0. The largest absolute Gasteiger partial charge is 0.391 e. The molecular formula is C6H13NO2. The molecule has 0 aromatic heterocycles. The second-order valence-corrected chi connectivity index (χ2v) is 2.90. The van der Waals surface area contributed by atoms with E-state index in [4.69, 9.17) is 10.5 Å². The molecule has 54 valence electrons. The van der Waals surface area contributed by atoms with Crippen molar-refractivity contribution < 1.29 is 9.84 Å². The van der Waals surface area contributed by atoms with Gasteiger partial charge in [0.15, 0.2) is 0 Å². The molecule has 0 radical (unpaired) electrons. The molecule has 0 aromatic carbocycles. The van der Waals surface area contributed by atoms with Crippen molar-refractivity contribution >= 4 is 0 Å². The Morgan fingerprint density at radius 1 is 1.78 bits per heavy atom. The van der Waals surface area contributed by atoms with Crippen LogP contribution in [0.3, 0.4) is 0 Å². The van der Waals surface area contributed by atoms with Gasteiger partial charge in [0, 0.05) is 12.0 Å². The number of ether oxygens (including phenoxy) is 1. The molecule has 1 atom stereocenters. The van der Waals surface area contributed by atoms with Gasteiger partial charge >= 0.3 is 0 Å². The lowest BCUT2D eigenvalue weighted by Crippen LogP contribution is -2.51. The van der Waals surface area contributed by atoms with E-state index in [2.05, 4.69) is 0 Å². The third-order valence-corrected chi connectivity index (χ3v) is 1.89. The van der Waals surface area contributed by atoms with Gasteiger partial charge in [0.2, 0.25) is 0 Å². The Hall–Kier alpha value is -0.120. The van der Waals surface area contributed by atoms with Crippen LogP contribution >= 0.6 is 0 Å². The molecule has 1 aliphatic heterocycles. The number of hydrogen-bond donors (Lipinski definition) is 2. The van der Waals surface area contributed by atoms with Crippen LogP contribution in [0.5, 0.6) is 0 Å². The highest BCUT2D eigenvalue weighted by atomic mass is 16.5. The Labute approximate surface area is 54.8 Å². The zero-order valence-electron chi connectivity index (χ0n) is 5.63. The number of hydrogen-bond acceptors (Lipinski definition) is 3. The molecule has 0 aromatic rings. The average molecular weight is 131 g/mol. The second-order valence-electron chi connectivity index (χ2n) is 2.90. The van der Waals surface area contributed by atoms with Gasteiger partial charge in [0.25, 0.3) is 0 Å². The van der Waals surface area contributed by atoms with Gasteiger partial charge in [-0.1, -0.05) is 6.92 Å². The lowest BCUT2D eigenvalue weighted by molar-refractivity contribution is -0.157. The van der Waals surface area contributed by atoms with E-state index in [1.807, 2.05) is 6.92 Å². The monoisotopic (exact) mass is 131 g/mol. The topological polar surface area (TPSA) is 55.5 Å². The summed E-state index contributed by atoms with van der Waals surface area (Å²) in [7, 11) is 0. The maximum atomic E-state index is 9.23. The Bertz CT molecular complexity index is 101. The van der Waals surface area contributed by atoms with E-state index in [9.17, 15) is 5.11 Å². The highest BCUT2D eigenvalue weighted by molar-refractivity contribution is 4.88. The van der Waals surface area contributed by atoms with Crippen molar-refractivity contribution in [1.29, 1.82) is 0 Å². The summed E-state index contributed by atoms with van der Waals surface area (Å²) in [5, 5.41) is 9.23. The third-order valence-electron chi connectivity index (χ3n) is 1.89. The van der Waals surface area contributed by atoms with Crippen molar-refractivity contribution in [2.75, 3.05) is 19.8 Å². The molecule has 0 bridgehead atoms. The molecule has 0 saturated carbocycles. The number of nitrogens with two attached hydrogens (primary N) is 1. The van der Waals surface area contributed by atoms with Gasteiger partial charge < -0.3 is 15.6 Å². The van der Waals surface area contributed by atoms with E-state index in [0.29, 0.717) is 19.8 Å². The Morgan fingerprint density at radius 3 is 2.44 bits per heavy atom. The van der Waals surface area contributed by atoms with Crippen LogP contribution in [0.1, 0.15) is 6.92 Å². The third kappa shape index (κ3) is 1.08. The molecule has 0 spiro atoms. The highest BCUT2D eigenvalue weighted by Gasteiger charge is 2.39. The minimum Gasteiger partial charge on any atom is -0.391 e.